The lowest BCUT2D eigenvalue weighted by Crippen LogP contribution is -2.49. The molecule has 0 spiro atoms. The second-order valence-corrected chi connectivity index (χ2v) is 8.36. The van der Waals surface area contributed by atoms with Gasteiger partial charge in [-0.15, -0.1) is 12.4 Å². The van der Waals surface area contributed by atoms with Crippen LogP contribution in [0.15, 0.2) is 40.9 Å². The first kappa shape index (κ1) is 24.5. The van der Waals surface area contributed by atoms with E-state index in [4.69, 9.17) is 26.0 Å². The Labute approximate surface area is 202 Å². The number of hydrogen-bond donors (Lipinski definition) is 1. The molecule has 3 aromatic rings. The Kier molecular flexibility index (Phi) is 7.59. The van der Waals surface area contributed by atoms with Crippen LogP contribution in [0.3, 0.4) is 0 Å². The minimum atomic E-state index is -0.758. The number of nitriles is 1. The van der Waals surface area contributed by atoms with E-state index in [-0.39, 0.29) is 30.3 Å². The van der Waals surface area contributed by atoms with Crippen molar-refractivity contribution in [2.45, 2.75) is 26.5 Å². The smallest absolute Gasteiger partial charge is 0.309 e. The van der Waals surface area contributed by atoms with Crippen LogP contribution in [0.5, 0.6) is 5.75 Å². The van der Waals surface area contributed by atoms with Gasteiger partial charge in [-0.05, 0) is 49.7 Å². The lowest BCUT2D eigenvalue weighted by Gasteiger charge is -2.36. The summed E-state index contributed by atoms with van der Waals surface area (Å²) in [6.45, 7) is 5.49. The van der Waals surface area contributed by atoms with Gasteiger partial charge in [0.1, 0.15) is 11.8 Å². The molecule has 172 valence electrons. The number of likely N-dealkylation sites (tertiary alicyclic amines) is 1. The van der Waals surface area contributed by atoms with E-state index in [1.807, 2.05) is 32.0 Å². The summed E-state index contributed by atoms with van der Waals surface area (Å²) in [5, 5.41) is 22.9. The molecule has 1 N–H and O–H groups in total. The monoisotopic (exact) mass is 488 g/mol. The van der Waals surface area contributed by atoms with Crippen molar-refractivity contribution in [2.24, 2.45) is 5.92 Å². The van der Waals surface area contributed by atoms with Gasteiger partial charge in [0.25, 0.3) is 5.89 Å². The number of rotatable bonds is 7. The quantitative estimate of drug-likeness (QED) is 0.510. The van der Waals surface area contributed by atoms with Gasteiger partial charge in [0, 0.05) is 30.8 Å². The van der Waals surface area contributed by atoms with Gasteiger partial charge in [0.05, 0.1) is 22.6 Å². The number of aromatic nitrogens is 2. The van der Waals surface area contributed by atoms with Crippen LogP contribution in [0.25, 0.3) is 22.8 Å². The maximum absolute atomic E-state index is 10.9. The Morgan fingerprint density at radius 2 is 2.09 bits per heavy atom. The number of nitrogens with zero attached hydrogens (tertiary/aromatic N) is 4. The zero-order valence-electron chi connectivity index (χ0n) is 18.0. The zero-order chi connectivity index (χ0) is 22.8. The van der Waals surface area contributed by atoms with Gasteiger partial charge >= 0.3 is 5.97 Å². The van der Waals surface area contributed by atoms with Crippen LogP contribution in [0.1, 0.15) is 25.0 Å². The Morgan fingerprint density at radius 1 is 1.33 bits per heavy atom. The van der Waals surface area contributed by atoms with Crippen LogP contribution < -0.4 is 4.74 Å². The summed E-state index contributed by atoms with van der Waals surface area (Å²) >= 11 is 6.47. The van der Waals surface area contributed by atoms with E-state index in [1.165, 1.54) is 0 Å². The van der Waals surface area contributed by atoms with Crippen molar-refractivity contribution >= 4 is 30.0 Å². The molecule has 0 unspecified atom stereocenters. The first-order chi connectivity index (χ1) is 15.3. The van der Waals surface area contributed by atoms with Gasteiger partial charge < -0.3 is 14.4 Å². The third-order valence-corrected chi connectivity index (χ3v) is 5.44. The van der Waals surface area contributed by atoms with Crippen molar-refractivity contribution in [1.82, 2.24) is 15.0 Å². The normalized spacial score (nSPS) is 13.8. The molecule has 2 heterocycles. The number of carbonyl (C=O) groups is 1. The Balaban J connectivity index is 0.00000306. The summed E-state index contributed by atoms with van der Waals surface area (Å²) in [7, 11) is 0. The average molecular weight is 489 g/mol. The lowest BCUT2D eigenvalue weighted by molar-refractivity contribution is -0.147. The number of ether oxygens (including phenoxy) is 1. The van der Waals surface area contributed by atoms with E-state index in [0.717, 1.165) is 5.56 Å². The minimum absolute atomic E-state index is 0. The maximum atomic E-state index is 10.9. The van der Waals surface area contributed by atoms with E-state index < -0.39 is 5.97 Å². The molecule has 1 fully saturated rings. The summed E-state index contributed by atoms with van der Waals surface area (Å²) in [6, 6.07) is 12.8. The highest BCUT2D eigenvalue weighted by Crippen LogP contribution is 2.31. The molecular formula is C23H22Cl2N4O4. The second kappa shape index (κ2) is 10.2. The molecule has 0 radical (unpaired) electrons. The van der Waals surface area contributed by atoms with E-state index in [1.54, 1.807) is 18.2 Å². The molecule has 0 atom stereocenters. The lowest BCUT2D eigenvalue weighted by atomic mass is 9.99. The van der Waals surface area contributed by atoms with Gasteiger partial charge in [-0.25, -0.2) is 0 Å². The second-order valence-electron chi connectivity index (χ2n) is 7.96. The average Bonchev–Trinajstić information content (AvgIpc) is 3.20. The van der Waals surface area contributed by atoms with E-state index in [0.29, 0.717) is 52.9 Å². The largest absolute Gasteiger partial charge is 0.490 e. The molecule has 0 amide bonds. The fourth-order valence-electron chi connectivity index (χ4n) is 3.51. The first-order valence-electron chi connectivity index (χ1n) is 10.1. The highest BCUT2D eigenvalue weighted by molar-refractivity contribution is 6.33. The van der Waals surface area contributed by atoms with Crippen molar-refractivity contribution in [2.75, 3.05) is 13.1 Å². The van der Waals surface area contributed by atoms with E-state index in [9.17, 15) is 10.1 Å². The topological polar surface area (TPSA) is 112 Å². The summed E-state index contributed by atoms with van der Waals surface area (Å²) in [5.74, 6) is 0.0588. The van der Waals surface area contributed by atoms with Crippen molar-refractivity contribution in [3.63, 3.8) is 0 Å². The Bertz CT molecular complexity index is 1200. The molecule has 1 aliphatic heterocycles. The molecule has 1 aromatic heterocycles. The molecule has 4 rings (SSSR count). The molecule has 10 heteroatoms. The van der Waals surface area contributed by atoms with Gasteiger partial charge in [0.15, 0.2) is 0 Å². The standard InChI is InChI=1S/C23H21ClN4O4.ClH/c1-13(2)31-20-6-4-15(8-16(20)9-25)22-26-21(27-32-22)18-5-3-14(7-19(18)24)10-28-11-17(12-28)23(29)30;/h3-8,13,17H,10-12H2,1-2H3,(H,29,30);1H. The fraction of sp³-hybridized carbons (Fsp3) is 0.304. The van der Waals surface area contributed by atoms with Gasteiger partial charge in [-0.3, -0.25) is 9.69 Å². The summed E-state index contributed by atoms with van der Waals surface area (Å²) in [4.78, 5) is 17.4. The maximum Gasteiger partial charge on any atom is 0.309 e. The van der Waals surface area contributed by atoms with E-state index in [2.05, 4.69) is 21.1 Å². The van der Waals surface area contributed by atoms with Crippen LogP contribution in [-0.2, 0) is 11.3 Å². The van der Waals surface area contributed by atoms with Gasteiger partial charge in [-0.1, -0.05) is 22.8 Å². The number of aliphatic carboxylic acids is 1. The third-order valence-electron chi connectivity index (χ3n) is 5.12. The van der Waals surface area contributed by atoms with E-state index >= 15 is 0 Å². The van der Waals surface area contributed by atoms with Crippen molar-refractivity contribution in [1.29, 1.82) is 5.26 Å². The molecule has 0 saturated carbocycles. The molecule has 2 aromatic carbocycles. The molecule has 1 saturated heterocycles. The van der Waals surface area contributed by atoms with Crippen molar-refractivity contribution < 1.29 is 19.2 Å². The minimum Gasteiger partial charge on any atom is -0.490 e. The van der Waals surface area contributed by atoms with Crippen LogP contribution in [0.2, 0.25) is 5.02 Å². The number of carboxylic acid groups (broad SMARTS) is 1. The van der Waals surface area contributed by atoms with Crippen LogP contribution in [0.4, 0.5) is 0 Å². The zero-order valence-corrected chi connectivity index (χ0v) is 19.6. The van der Waals surface area contributed by atoms with Crippen LogP contribution in [-0.4, -0.2) is 45.3 Å². The summed E-state index contributed by atoms with van der Waals surface area (Å²) in [6.07, 6.45) is -0.0484. The predicted molar refractivity (Wildman–Crippen MR) is 124 cm³/mol. The third kappa shape index (κ3) is 5.45. The summed E-state index contributed by atoms with van der Waals surface area (Å²) < 4.78 is 11.0. The van der Waals surface area contributed by atoms with Crippen molar-refractivity contribution in [3.05, 3.63) is 52.5 Å². The molecule has 0 bridgehead atoms. The molecule has 1 aliphatic rings. The summed E-state index contributed by atoms with van der Waals surface area (Å²) in [5.41, 5.74) is 2.59. The number of carboxylic acids is 1. The molecule has 8 nitrogen and oxygen atoms in total. The Morgan fingerprint density at radius 3 is 2.73 bits per heavy atom. The van der Waals surface area contributed by atoms with Crippen LogP contribution in [0, 0.1) is 17.2 Å². The number of benzene rings is 2. The SMILES string of the molecule is CC(C)Oc1ccc(-c2nc(-c3ccc(CN4CC(C(=O)O)C4)cc3Cl)no2)cc1C#N.Cl. The van der Waals surface area contributed by atoms with Crippen molar-refractivity contribution in [3.8, 4) is 34.7 Å². The predicted octanol–water partition coefficient (Wildman–Crippen LogP) is 4.65. The highest BCUT2D eigenvalue weighted by Gasteiger charge is 2.32. The first-order valence-corrected chi connectivity index (χ1v) is 10.5. The van der Waals surface area contributed by atoms with Crippen LogP contribution >= 0.6 is 24.0 Å². The Hall–Kier alpha value is -3.12. The number of hydrogen-bond acceptors (Lipinski definition) is 7. The molecule has 33 heavy (non-hydrogen) atoms. The number of halogens is 2. The van der Waals surface area contributed by atoms with Gasteiger partial charge in [0.2, 0.25) is 5.82 Å². The molecular weight excluding hydrogens is 467 g/mol. The fourth-order valence-corrected chi connectivity index (χ4v) is 3.80. The molecule has 0 aliphatic carbocycles. The highest BCUT2D eigenvalue weighted by atomic mass is 35.5. The van der Waals surface area contributed by atoms with Gasteiger partial charge in [-0.2, -0.15) is 10.2 Å².